The molecule has 9 heteroatoms. The average Bonchev–Trinajstić information content (AvgIpc) is 3.18. The maximum absolute atomic E-state index is 13.3. The summed E-state index contributed by atoms with van der Waals surface area (Å²) in [5.41, 5.74) is 1.15. The molecule has 0 bridgehead atoms. The number of carbonyl (C=O) groups excluding carboxylic acids is 2. The van der Waals surface area contributed by atoms with Crippen molar-refractivity contribution in [3.8, 4) is 11.5 Å². The molecule has 3 heterocycles. The van der Waals surface area contributed by atoms with Crippen molar-refractivity contribution >= 4 is 17.4 Å². The molecule has 0 radical (unpaired) electrons. The minimum absolute atomic E-state index is 0.0584. The molecule has 0 saturated carbocycles. The third-order valence-electron chi connectivity index (χ3n) is 6.93. The van der Waals surface area contributed by atoms with Crippen LogP contribution in [0.1, 0.15) is 43.9 Å². The molecule has 1 atom stereocenters. The van der Waals surface area contributed by atoms with Crippen molar-refractivity contribution in [2.24, 2.45) is 5.92 Å². The fraction of sp³-hybridized carbons (Fsp3) is 0.483. The molecule has 1 amide bonds. The summed E-state index contributed by atoms with van der Waals surface area (Å²) in [4.78, 5) is 34.4. The van der Waals surface area contributed by atoms with Crippen molar-refractivity contribution in [1.82, 2.24) is 14.8 Å². The molecule has 2 aliphatic rings. The number of benzene rings is 1. The number of ether oxygens (including phenoxy) is 3. The van der Waals surface area contributed by atoms with Gasteiger partial charge in [0.15, 0.2) is 11.5 Å². The van der Waals surface area contributed by atoms with E-state index in [1.54, 1.807) is 36.3 Å². The van der Waals surface area contributed by atoms with Gasteiger partial charge < -0.3 is 24.2 Å². The van der Waals surface area contributed by atoms with Gasteiger partial charge in [-0.25, -0.2) is 0 Å². The van der Waals surface area contributed by atoms with E-state index in [-0.39, 0.29) is 11.3 Å². The first-order chi connectivity index (χ1) is 18.4. The Balaban J connectivity index is 1.66. The number of ketones is 1. The van der Waals surface area contributed by atoms with Crippen LogP contribution in [0.25, 0.3) is 5.76 Å². The Bertz CT molecular complexity index is 1140. The van der Waals surface area contributed by atoms with Gasteiger partial charge in [0.1, 0.15) is 5.76 Å². The van der Waals surface area contributed by atoms with Crippen molar-refractivity contribution < 1.29 is 28.9 Å². The number of carbonyl (C=O) groups is 2. The molecule has 4 rings (SSSR count). The number of rotatable bonds is 11. The van der Waals surface area contributed by atoms with E-state index in [0.717, 1.165) is 26.1 Å². The quantitative estimate of drug-likeness (QED) is 0.271. The molecule has 0 spiro atoms. The van der Waals surface area contributed by atoms with Crippen LogP contribution in [0.4, 0.5) is 0 Å². The molecule has 38 heavy (non-hydrogen) atoms. The zero-order valence-corrected chi connectivity index (χ0v) is 22.4. The molecule has 1 unspecified atom stereocenters. The van der Waals surface area contributed by atoms with E-state index in [1.165, 1.54) is 12.4 Å². The lowest BCUT2D eigenvalue weighted by molar-refractivity contribution is -0.140. The summed E-state index contributed by atoms with van der Waals surface area (Å²) in [7, 11) is 1.56. The van der Waals surface area contributed by atoms with Gasteiger partial charge in [-0.1, -0.05) is 19.9 Å². The smallest absolute Gasteiger partial charge is 0.295 e. The summed E-state index contributed by atoms with van der Waals surface area (Å²) in [5, 5.41) is 11.2. The fourth-order valence-electron chi connectivity index (χ4n) is 4.79. The van der Waals surface area contributed by atoms with Crippen molar-refractivity contribution in [3.05, 3.63) is 59.4 Å². The summed E-state index contributed by atoms with van der Waals surface area (Å²) in [6.07, 6.45) is 4.66. The lowest BCUT2D eigenvalue weighted by Gasteiger charge is -2.29. The number of morpholine rings is 1. The number of Topliss-reactive ketones (excluding diaryl/α,β-unsaturated/α-hetero) is 1. The van der Waals surface area contributed by atoms with E-state index in [0.29, 0.717) is 61.3 Å². The zero-order valence-electron chi connectivity index (χ0n) is 22.4. The number of nitrogens with zero attached hydrogens (tertiary/aromatic N) is 3. The third-order valence-corrected chi connectivity index (χ3v) is 6.93. The number of aliphatic hydroxyl groups is 1. The number of methoxy groups -OCH3 is 1. The monoisotopic (exact) mass is 523 g/mol. The lowest BCUT2D eigenvalue weighted by Crippen LogP contribution is -2.39. The molecule has 1 aromatic heterocycles. The second-order valence-electron chi connectivity index (χ2n) is 9.98. The van der Waals surface area contributed by atoms with Crippen LogP contribution in [0.3, 0.4) is 0 Å². The SMILES string of the molecule is COc1cc(C2C(=C(O)c3ccncc3)C(=O)C(=O)N2CCCN2CCOCC2)ccc1OCCC(C)C. The van der Waals surface area contributed by atoms with Gasteiger partial charge in [-0.15, -0.1) is 0 Å². The van der Waals surface area contributed by atoms with Gasteiger partial charge in [-0.2, -0.15) is 0 Å². The van der Waals surface area contributed by atoms with Crippen molar-refractivity contribution in [1.29, 1.82) is 0 Å². The Hall–Kier alpha value is -3.43. The Morgan fingerprint density at radius 1 is 1.11 bits per heavy atom. The minimum atomic E-state index is -0.758. The molecular weight excluding hydrogens is 486 g/mol. The van der Waals surface area contributed by atoms with Crippen LogP contribution in [0.5, 0.6) is 11.5 Å². The van der Waals surface area contributed by atoms with Crippen LogP contribution >= 0.6 is 0 Å². The van der Waals surface area contributed by atoms with E-state index in [2.05, 4.69) is 23.7 Å². The van der Waals surface area contributed by atoms with Gasteiger partial charge in [-0.05, 0) is 48.6 Å². The van der Waals surface area contributed by atoms with Crippen molar-refractivity contribution in [2.75, 3.05) is 53.1 Å². The summed E-state index contributed by atoms with van der Waals surface area (Å²) in [5.74, 6) is 0.0633. The molecule has 1 aromatic carbocycles. The second-order valence-corrected chi connectivity index (χ2v) is 9.98. The Kier molecular flexibility index (Phi) is 9.36. The third kappa shape index (κ3) is 6.34. The number of aliphatic hydroxyl groups excluding tert-OH is 1. The predicted molar refractivity (Wildman–Crippen MR) is 143 cm³/mol. The minimum Gasteiger partial charge on any atom is -0.507 e. The van der Waals surface area contributed by atoms with Gasteiger partial charge in [-0.3, -0.25) is 19.5 Å². The number of amides is 1. The molecule has 204 valence electrons. The Morgan fingerprint density at radius 2 is 1.84 bits per heavy atom. The first kappa shape index (κ1) is 27.6. The largest absolute Gasteiger partial charge is 0.507 e. The van der Waals surface area contributed by atoms with Crippen molar-refractivity contribution in [2.45, 2.75) is 32.7 Å². The first-order valence-electron chi connectivity index (χ1n) is 13.2. The van der Waals surface area contributed by atoms with Gasteiger partial charge >= 0.3 is 0 Å². The van der Waals surface area contributed by atoms with Crippen LogP contribution in [0.2, 0.25) is 0 Å². The lowest BCUT2D eigenvalue weighted by atomic mass is 9.95. The number of hydrogen-bond donors (Lipinski definition) is 1. The van der Waals surface area contributed by atoms with E-state index >= 15 is 0 Å². The summed E-state index contributed by atoms with van der Waals surface area (Å²) in [6.45, 7) is 9.06. The molecule has 9 nitrogen and oxygen atoms in total. The highest BCUT2D eigenvalue weighted by Crippen LogP contribution is 2.42. The van der Waals surface area contributed by atoms with Crippen LogP contribution in [-0.2, 0) is 14.3 Å². The number of likely N-dealkylation sites (tertiary alicyclic amines) is 1. The van der Waals surface area contributed by atoms with E-state index < -0.39 is 17.7 Å². The maximum atomic E-state index is 13.3. The summed E-state index contributed by atoms with van der Waals surface area (Å²) >= 11 is 0. The summed E-state index contributed by atoms with van der Waals surface area (Å²) in [6, 6.07) is 7.89. The molecule has 0 aliphatic carbocycles. The number of hydrogen-bond acceptors (Lipinski definition) is 8. The molecule has 2 aromatic rings. The van der Waals surface area contributed by atoms with Crippen molar-refractivity contribution in [3.63, 3.8) is 0 Å². The average molecular weight is 524 g/mol. The number of aromatic nitrogens is 1. The fourth-order valence-corrected chi connectivity index (χ4v) is 4.79. The van der Waals surface area contributed by atoms with Crippen LogP contribution < -0.4 is 9.47 Å². The normalized spacial score (nSPS) is 19.8. The molecule has 2 fully saturated rings. The molecule has 2 aliphatic heterocycles. The number of pyridine rings is 1. The zero-order chi connectivity index (χ0) is 27.1. The molecule has 2 saturated heterocycles. The first-order valence-corrected chi connectivity index (χ1v) is 13.2. The van der Waals surface area contributed by atoms with Gasteiger partial charge in [0, 0.05) is 44.1 Å². The van der Waals surface area contributed by atoms with Crippen LogP contribution in [-0.4, -0.2) is 84.7 Å². The highest BCUT2D eigenvalue weighted by molar-refractivity contribution is 6.46. The molecule has 1 N–H and O–H groups in total. The highest BCUT2D eigenvalue weighted by Gasteiger charge is 2.46. The standard InChI is InChI=1S/C29H37N3O6/c1-20(2)9-16-38-23-6-5-22(19-24(23)36-3)26-25(27(33)21-7-10-30-11-8-21)28(34)29(35)32(26)13-4-12-31-14-17-37-18-15-31/h5-8,10-11,19-20,26,33H,4,9,12-18H2,1-3H3. The highest BCUT2D eigenvalue weighted by atomic mass is 16.5. The summed E-state index contributed by atoms with van der Waals surface area (Å²) < 4.78 is 17.0. The van der Waals surface area contributed by atoms with E-state index in [9.17, 15) is 14.7 Å². The van der Waals surface area contributed by atoms with Crippen LogP contribution in [0.15, 0.2) is 48.3 Å². The molecular formula is C29H37N3O6. The van der Waals surface area contributed by atoms with Gasteiger partial charge in [0.2, 0.25) is 0 Å². The Labute approximate surface area is 224 Å². The van der Waals surface area contributed by atoms with Crippen LogP contribution in [0, 0.1) is 5.92 Å². The second kappa shape index (κ2) is 12.9. The predicted octanol–water partition coefficient (Wildman–Crippen LogP) is 3.66. The van der Waals surface area contributed by atoms with E-state index in [1.807, 2.05) is 6.07 Å². The Morgan fingerprint density at radius 3 is 2.53 bits per heavy atom. The van der Waals surface area contributed by atoms with Gasteiger partial charge in [0.25, 0.3) is 11.7 Å². The topological polar surface area (TPSA) is 101 Å². The van der Waals surface area contributed by atoms with Gasteiger partial charge in [0.05, 0.1) is 38.5 Å². The maximum Gasteiger partial charge on any atom is 0.295 e. The van der Waals surface area contributed by atoms with E-state index in [4.69, 9.17) is 14.2 Å².